The van der Waals surface area contributed by atoms with E-state index in [1.807, 2.05) is 41.9 Å². The molecule has 5 rings (SSSR count). The van der Waals surface area contributed by atoms with Crippen LogP contribution in [0.1, 0.15) is 31.0 Å². The smallest absolute Gasteiger partial charge is 0.228 e. The molecule has 1 fully saturated rings. The van der Waals surface area contributed by atoms with Gasteiger partial charge in [-0.25, -0.2) is 14.2 Å². The number of carbonyl (C=O) groups excluding carboxylic acids is 1. The largest absolute Gasteiger partial charge is 0.309 e. The Bertz CT molecular complexity index is 1230. The fraction of sp³-hybridized carbons (Fsp3) is 0.250. The van der Waals surface area contributed by atoms with Gasteiger partial charge in [-0.05, 0) is 49.6 Å². The van der Waals surface area contributed by atoms with Crippen LogP contribution >= 0.6 is 0 Å². The minimum Gasteiger partial charge on any atom is -0.309 e. The van der Waals surface area contributed by atoms with Gasteiger partial charge in [-0.15, -0.1) is 5.10 Å². The fourth-order valence-corrected chi connectivity index (χ4v) is 3.14. The maximum atomic E-state index is 11.9. The van der Waals surface area contributed by atoms with Gasteiger partial charge in [0.25, 0.3) is 0 Å². The van der Waals surface area contributed by atoms with Crippen molar-refractivity contribution in [3.63, 3.8) is 0 Å². The lowest BCUT2D eigenvalue weighted by atomic mass is 10.1. The first-order chi connectivity index (χ1) is 13.6. The van der Waals surface area contributed by atoms with Gasteiger partial charge >= 0.3 is 0 Å². The second-order valence-electron chi connectivity index (χ2n) is 7.25. The number of anilines is 1. The molecule has 0 radical (unpaired) electrons. The number of hydrogen-bond donors (Lipinski definition) is 1. The molecule has 1 aliphatic rings. The van der Waals surface area contributed by atoms with Crippen LogP contribution in [0.5, 0.6) is 0 Å². The Morgan fingerprint density at radius 3 is 2.93 bits per heavy atom. The third-order valence-electron chi connectivity index (χ3n) is 4.89. The number of fused-ring (bicyclic) bond motifs is 2. The highest BCUT2D eigenvalue weighted by Crippen LogP contribution is 2.30. The van der Waals surface area contributed by atoms with Crippen molar-refractivity contribution in [1.29, 1.82) is 0 Å². The normalized spacial score (nSPS) is 13.9. The highest BCUT2D eigenvalue weighted by molar-refractivity contribution is 5.93. The van der Waals surface area contributed by atoms with Gasteiger partial charge in [-0.3, -0.25) is 4.79 Å². The standard InChI is InChI=1S/C20H19N7O/c1-12(2)14-5-7-16-17(9-14)26(25-23-16)10-15-6-8-19-21-18(11-27(19)24-15)22-20(28)13-3-4-13/h5-9,11,13H,1,3-4,10H2,2H3,(H,22,28). The van der Waals surface area contributed by atoms with Gasteiger partial charge in [0.15, 0.2) is 11.5 Å². The van der Waals surface area contributed by atoms with E-state index in [1.54, 1.807) is 10.7 Å². The molecule has 0 atom stereocenters. The van der Waals surface area contributed by atoms with Crippen molar-refractivity contribution in [2.75, 3.05) is 5.32 Å². The van der Waals surface area contributed by atoms with E-state index in [-0.39, 0.29) is 11.8 Å². The molecule has 1 amide bonds. The fourth-order valence-electron chi connectivity index (χ4n) is 3.14. The molecular formula is C20H19N7O. The molecule has 1 aliphatic carbocycles. The summed E-state index contributed by atoms with van der Waals surface area (Å²) in [7, 11) is 0. The number of nitrogens with zero attached hydrogens (tertiary/aromatic N) is 6. The average Bonchev–Trinajstić information content (AvgIpc) is 3.35. The predicted octanol–water partition coefficient (Wildman–Crippen LogP) is 2.90. The molecule has 1 N–H and O–H groups in total. The number of allylic oxidation sites excluding steroid dienone is 1. The first-order valence-electron chi connectivity index (χ1n) is 9.22. The summed E-state index contributed by atoms with van der Waals surface area (Å²) in [5, 5.41) is 15.9. The van der Waals surface area contributed by atoms with Gasteiger partial charge in [0, 0.05) is 5.92 Å². The van der Waals surface area contributed by atoms with Crippen LogP contribution in [0.25, 0.3) is 22.3 Å². The van der Waals surface area contributed by atoms with Crippen LogP contribution in [0.4, 0.5) is 5.82 Å². The Balaban J connectivity index is 1.43. The molecule has 8 nitrogen and oxygen atoms in total. The molecular weight excluding hydrogens is 354 g/mol. The van der Waals surface area contributed by atoms with Crippen molar-refractivity contribution in [2.24, 2.45) is 5.92 Å². The summed E-state index contributed by atoms with van der Waals surface area (Å²) in [5.41, 5.74) is 5.32. The molecule has 140 valence electrons. The van der Waals surface area contributed by atoms with Crippen LogP contribution in [0.3, 0.4) is 0 Å². The molecule has 1 saturated carbocycles. The van der Waals surface area contributed by atoms with E-state index < -0.39 is 0 Å². The summed E-state index contributed by atoms with van der Waals surface area (Å²) in [5.74, 6) is 0.697. The summed E-state index contributed by atoms with van der Waals surface area (Å²) in [6, 6.07) is 9.78. The average molecular weight is 373 g/mol. The minimum atomic E-state index is 0.0334. The number of benzene rings is 1. The van der Waals surface area contributed by atoms with E-state index in [0.29, 0.717) is 18.0 Å². The lowest BCUT2D eigenvalue weighted by molar-refractivity contribution is -0.117. The van der Waals surface area contributed by atoms with E-state index in [0.717, 1.165) is 40.7 Å². The number of imidazole rings is 1. The molecule has 0 bridgehead atoms. The lowest BCUT2D eigenvalue weighted by Gasteiger charge is -2.04. The zero-order valence-corrected chi connectivity index (χ0v) is 15.5. The second-order valence-corrected chi connectivity index (χ2v) is 7.25. The van der Waals surface area contributed by atoms with Crippen molar-refractivity contribution < 1.29 is 4.79 Å². The number of amides is 1. The van der Waals surface area contributed by atoms with Crippen LogP contribution in [-0.2, 0) is 11.3 Å². The van der Waals surface area contributed by atoms with E-state index in [2.05, 4.69) is 32.3 Å². The second kappa shape index (κ2) is 6.26. The SMILES string of the molecule is C=C(C)c1ccc2nnn(Cc3ccc4nc(NC(=O)C5CC5)cn4n3)c2c1. The Hall–Kier alpha value is -3.55. The molecule has 3 heterocycles. The highest BCUT2D eigenvalue weighted by Gasteiger charge is 2.30. The molecule has 3 aromatic heterocycles. The predicted molar refractivity (Wildman–Crippen MR) is 106 cm³/mol. The third kappa shape index (κ3) is 3.02. The molecule has 1 aromatic carbocycles. The monoisotopic (exact) mass is 373 g/mol. The molecule has 4 aromatic rings. The number of hydrogen-bond acceptors (Lipinski definition) is 5. The Morgan fingerprint density at radius 1 is 1.29 bits per heavy atom. The summed E-state index contributed by atoms with van der Waals surface area (Å²) < 4.78 is 3.50. The number of rotatable bonds is 5. The van der Waals surface area contributed by atoms with Crippen LogP contribution in [0.15, 0.2) is 43.1 Å². The zero-order valence-electron chi connectivity index (χ0n) is 15.5. The molecule has 0 aliphatic heterocycles. The van der Waals surface area contributed by atoms with Crippen LogP contribution in [-0.4, -0.2) is 35.5 Å². The van der Waals surface area contributed by atoms with Gasteiger partial charge in [0.2, 0.25) is 5.91 Å². The molecule has 8 heteroatoms. The molecule has 0 saturated heterocycles. The lowest BCUT2D eigenvalue weighted by Crippen LogP contribution is -2.13. The van der Waals surface area contributed by atoms with Crippen molar-refractivity contribution in [1.82, 2.24) is 29.6 Å². The number of nitrogens with one attached hydrogen (secondary N) is 1. The van der Waals surface area contributed by atoms with E-state index in [1.165, 1.54) is 0 Å². The Morgan fingerprint density at radius 2 is 2.14 bits per heavy atom. The van der Waals surface area contributed by atoms with Gasteiger partial charge in [0.05, 0.1) is 24.0 Å². The highest BCUT2D eigenvalue weighted by atomic mass is 16.2. The summed E-state index contributed by atoms with van der Waals surface area (Å²) in [4.78, 5) is 16.3. The maximum Gasteiger partial charge on any atom is 0.228 e. The number of carbonyl (C=O) groups is 1. The minimum absolute atomic E-state index is 0.0334. The summed E-state index contributed by atoms with van der Waals surface area (Å²) in [6.07, 6.45) is 3.65. The van der Waals surface area contributed by atoms with Crippen LogP contribution in [0.2, 0.25) is 0 Å². The number of aromatic nitrogens is 6. The van der Waals surface area contributed by atoms with Crippen molar-refractivity contribution >= 4 is 34.0 Å². The third-order valence-corrected chi connectivity index (χ3v) is 4.89. The van der Waals surface area contributed by atoms with Gasteiger partial charge in [-0.2, -0.15) is 5.10 Å². The van der Waals surface area contributed by atoms with E-state index in [4.69, 9.17) is 0 Å². The topological polar surface area (TPSA) is 90.0 Å². The summed E-state index contributed by atoms with van der Waals surface area (Å²) in [6.45, 7) is 6.45. The molecule has 0 spiro atoms. The van der Waals surface area contributed by atoms with Crippen LogP contribution < -0.4 is 5.32 Å². The quantitative estimate of drug-likeness (QED) is 0.581. The molecule has 0 unspecified atom stereocenters. The maximum absolute atomic E-state index is 11.9. The van der Waals surface area contributed by atoms with Crippen molar-refractivity contribution in [3.05, 3.63) is 54.4 Å². The first kappa shape index (κ1) is 16.6. The van der Waals surface area contributed by atoms with Gasteiger partial charge < -0.3 is 5.32 Å². The molecule has 28 heavy (non-hydrogen) atoms. The van der Waals surface area contributed by atoms with Crippen LogP contribution in [0, 0.1) is 5.92 Å². The first-order valence-corrected chi connectivity index (χ1v) is 9.22. The van der Waals surface area contributed by atoms with E-state index >= 15 is 0 Å². The van der Waals surface area contributed by atoms with Crippen molar-refractivity contribution in [2.45, 2.75) is 26.3 Å². The van der Waals surface area contributed by atoms with Gasteiger partial charge in [-0.1, -0.05) is 23.4 Å². The van der Waals surface area contributed by atoms with Crippen molar-refractivity contribution in [3.8, 4) is 0 Å². The van der Waals surface area contributed by atoms with E-state index in [9.17, 15) is 4.79 Å². The van der Waals surface area contributed by atoms with Gasteiger partial charge in [0.1, 0.15) is 5.52 Å². The Kier molecular flexibility index (Phi) is 3.71. The zero-order chi connectivity index (χ0) is 19.3. The Labute approximate surface area is 160 Å². The summed E-state index contributed by atoms with van der Waals surface area (Å²) >= 11 is 0.